The normalized spacial score (nSPS) is 15.8. The third kappa shape index (κ3) is 4.04. The molecule has 21 heavy (non-hydrogen) atoms. The van der Waals surface area contributed by atoms with Gasteiger partial charge in [-0.25, -0.2) is 0 Å². The van der Waals surface area contributed by atoms with Gasteiger partial charge in [0.05, 0.1) is 7.11 Å². The molecule has 0 spiro atoms. The molecule has 0 aliphatic carbocycles. The molecule has 0 aromatic heterocycles. The van der Waals surface area contributed by atoms with Crippen LogP contribution in [0.4, 0.5) is 0 Å². The topological polar surface area (TPSA) is 72.6 Å². The van der Waals surface area contributed by atoms with Crippen molar-refractivity contribution in [1.29, 1.82) is 0 Å². The van der Waals surface area contributed by atoms with Crippen LogP contribution in [0.2, 0.25) is 0 Å². The standard InChI is InChI=1S/C16H22N2O3/c1-21-16(20)14(17)6-7-15(19)18-10-8-12-4-2-3-5-13(12)9-11-18/h2-5,14H,6-11,17H2,1H3/t14-/m0/s1. The van der Waals surface area contributed by atoms with E-state index in [1.165, 1.54) is 18.2 Å². The van der Waals surface area contributed by atoms with E-state index in [0.717, 1.165) is 25.9 Å². The molecule has 0 unspecified atom stereocenters. The number of carbonyl (C=O) groups excluding carboxylic acids is 2. The molecule has 1 aliphatic heterocycles. The lowest BCUT2D eigenvalue weighted by Crippen LogP contribution is -2.36. The van der Waals surface area contributed by atoms with E-state index in [2.05, 4.69) is 16.9 Å². The van der Waals surface area contributed by atoms with E-state index in [-0.39, 0.29) is 12.3 Å². The largest absolute Gasteiger partial charge is 0.468 e. The molecular weight excluding hydrogens is 268 g/mol. The molecule has 2 N–H and O–H groups in total. The van der Waals surface area contributed by atoms with Crippen molar-refractivity contribution < 1.29 is 14.3 Å². The molecule has 1 heterocycles. The van der Waals surface area contributed by atoms with Gasteiger partial charge in [-0.2, -0.15) is 0 Å². The summed E-state index contributed by atoms with van der Waals surface area (Å²) in [6, 6.07) is 7.59. The molecule has 2 rings (SSSR count). The molecule has 0 saturated heterocycles. The van der Waals surface area contributed by atoms with Crippen LogP contribution in [-0.2, 0) is 27.2 Å². The lowest BCUT2D eigenvalue weighted by Gasteiger charge is -2.20. The van der Waals surface area contributed by atoms with Crippen molar-refractivity contribution in [3.05, 3.63) is 35.4 Å². The molecule has 1 amide bonds. The van der Waals surface area contributed by atoms with Gasteiger partial charge in [-0.05, 0) is 30.4 Å². The maximum absolute atomic E-state index is 12.2. The van der Waals surface area contributed by atoms with Crippen molar-refractivity contribution in [2.45, 2.75) is 31.7 Å². The number of benzene rings is 1. The van der Waals surface area contributed by atoms with Gasteiger partial charge < -0.3 is 15.4 Å². The van der Waals surface area contributed by atoms with Crippen molar-refractivity contribution in [3.63, 3.8) is 0 Å². The Hall–Kier alpha value is -1.88. The van der Waals surface area contributed by atoms with Crippen LogP contribution in [0.15, 0.2) is 24.3 Å². The quantitative estimate of drug-likeness (QED) is 0.836. The number of nitrogens with zero attached hydrogens (tertiary/aromatic N) is 1. The number of nitrogens with two attached hydrogens (primary N) is 1. The first-order valence-electron chi connectivity index (χ1n) is 7.29. The smallest absolute Gasteiger partial charge is 0.322 e. The molecule has 114 valence electrons. The molecular formula is C16H22N2O3. The fourth-order valence-electron chi connectivity index (χ4n) is 2.62. The van der Waals surface area contributed by atoms with Crippen molar-refractivity contribution in [2.24, 2.45) is 5.73 Å². The average Bonchev–Trinajstić information content (AvgIpc) is 2.74. The van der Waals surface area contributed by atoms with Gasteiger partial charge in [-0.1, -0.05) is 24.3 Å². The monoisotopic (exact) mass is 290 g/mol. The maximum atomic E-state index is 12.2. The number of ether oxygens (including phenoxy) is 1. The molecule has 0 fully saturated rings. The summed E-state index contributed by atoms with van der Waals surface area (Å²) in [6.45, 7) is 1.45. The molecule has 0 radical (unpaired) electrons. The molecule has 0 saturated carbocycles. The Kier molecular flexibility index (Phi) is 5.33. The molecule has 0 bridgehead atoms. The number of hydrogen-bond acceptors (Lipinski definition) is 4. The summed E-state index contributed by atoms with van der Waals surface area (Å²) in [7, 11) is 1.30. The predicted molar refractivity (Wildman–Crippen MR) is 79.7 cm³/mol. The Morgan fingerprint density at radius 2 is 1.81 bits per heavy atom. The van der Waals surface area contributed by atoms with Gasteiger partial charge in [0.1, 0.15) is 6.04 Å². The van der Waals surface area contributed by atoms with E-state index in [0.29, 0.717) is 6.42 Å². The van der Waals surface area contributed by atoms with Crippen molar-refractivity contribution in [1.82, 2.24) is 4.90 Å². The summed E-state index contributed by atoms with van der Waals surface area (Å²) < 4.78 is 4.56. The molecule has 5 nitrogen and oxygen atoms in total. The Bertz CT molecular complexity index is 489. The van der Waals surface area contributed by atoms with Crippen LogP contribution in [0.5, 0.6) is 0 Å². The molecule has 1 aromatic rings. The number of carbonyl (C=O) groups is 2. The molecule has 1 atom stereocenters. The minimum absolute atomic E-state index is 0.0576. The van der Waals surface area contributed by atoms with Gasteiger partial charge in [-0.15, -0.1) is 0 Å². The highest BCUT2D eigenvalue weighted by atomic mass is 16.5. The third-order valence-corrected chi connectivity index (χ3v) is 3.95. The summed E-state index contributed by atoms with van der Waals surface area (Å²) in [5, 5.41) is 0. The fraction of sp³-hybridized carbons (Fsp3) is 0.500. The second kappa shape index (κ2) is 7.22. The first-order chi connectivity index (χ1) is 10.1. The van der Waals surface area contributed by atoms with E-state index >= 15 is 0 Å². The minimum Gasteiger partial charge on any atom is -0.468 e. The Labute approximate surface area is 125 Å². The van der Waals surface area contributed by atoms with Crippen molar-refractivity contribution in [3.8, 4) is 0 Å². The Morgan fingerprint density at radius 1 is 1.24 bits per heavy atom. The summed E-state index contributed by atoms with van der Waals surface area (Å²) in [5.74, 6) is -0.409. The van der Waals surface area contributed by atoms with Gasteiger partial charge in [0.2, 0.25) is 5.91 Å². The summed E-state index contributed by atoms with van der Waals surface area (Å²) in [4.78, 5) is 25.3. The number of methoxy groups -OCH3 is 1. The lowest BCUT2D eigenvalue weighted by molar-refractivity contribution is -0.142. The third-order valence-electron chi connectivity index (χ3n) is 3.95. The van der Waals surface area contributed by atoms with E-state index in [1.54, 1.807) is 0 Å². The van der Waals surface area contributed by atoms with Gasteiger partial charge in [0, 0.05) is 19.5 Å². The van der Waals surface area contributed by atoms with Gasteiger partial charge >= 0.3 is 5.97 Å². The zero-order valence-electron chi connectivity index (χ0n) is 12.4. The van der Waals surface area contributed by atoms with Crippen LogP contribution in [0, 0.1) is 0 Å². The Morgan fingerprint density at radius 3 is 2.33 bits per heavy atom. The molecule has 1 aromatic carbocycles. The SMILES string of the molecule is COC(=O)[C@@H](N)CCC(=O)N1CCc2ccccc2CC1. The second-order valence-electron chi connectivity index (χ2n) is 5.32. The lowest BCUT2D eigenvalue weighted by atomic mass is 10.0. The summed E-state index contributed by atoms with van der Waals surface area (Å²) in [6.07, 6.45) is 2.37. The number of esters is 1. The van der Waals surface area contributed by atoms with E-state index in [1.807, 2.05) is 17.0 Å². The Balaban J connectivity index is 1.86. The van der Waals surface area contributed by atoms with Crippen LogP contribution < -0.4 is 5.73 Å². The minimum atomic E-state index is -0.719. The van der Waals surface area contributed by atoms with E-state index in [9.17, 15) is 9.59 Å². The van der Waals surface area contributed by atoms with Gasteiger partial charge in [0.15, 0.2) is 0 Å². The molecule has 5 heteroatoms. The molecule has 1 aliphatic rings. The first-order valence-corrected chi connectivity index (χ1v) is 7.29. The van der Waals surface area contributed by atoms with Crippen molar-refractivity contribution in [2.75, 3.05) is 20.2 Å². The number of hydrogen-bond donors (Lipinski definition) is 1. The number of amides is 1. The predicted octanol–water partition coefficient (Wildman–Crippen LogP) is 0.894. The zero-order chi connectivity index (χ0) is 15.2. The zero-order valence-corrected chi connectivity index (χ0v) is 12.4. The first kappa shape index (κ1) is 15.5. The second-order valence-corrected chi connectivity index (χ2v) is 5.32. The van der Waals surface area contributed by atoms with Crippen LogP contribution >= 0.6 is 0 Å². The number of rotatable bonds is 4. The highest BCUT2D eigenvalue weighted by Crippen LogP contribution is 2.16. The van der Waals surface area contributed by atoms with E-state index < -0.39 is 12.0 Å². The summed E-state index contributed by atoms with van der Waals surface area (Å²) >= 11 is 0. The average molecular weight is 290 g/mol. The highest BCUT2D eigenvalue weighted by Gasteiger charge is 2.20. The fourth-order valence-corrected chi connectivity index (χ4v) is 2.62. The van der Waals surface area contributed by atoms with E-state index in [4.69, 9.17) is 5.73 Å². The maximum Gasteiger partial charge on any atom is 0.322 e. The van der Waals surface area contributed by atoms with Gasteiger partial charge in [-0.3, -0.25) is 9.59 Å². The highest BCUT2D eigenvalue weighted by molar-refractivity contribution is 5.79. The van der Waals surface area contributed by atoms with Crippen LogP contribution in [-0.4, -0.2) is 43.0 Å². The van der Waals surface area contributed by atoms with Crippen molar-refractivity contribution >= 4 is 11.9 Å². The van der Waals surface area contributed by atoms with Crippen LogP contribution in [0.3, 0.4) is 0 Å². The van der Waals surface area contributed by atoms with Gasteiger partial charge in [0.25, 0.3) is 0 Å². The van der Waals surface area contributed by atoms with Crippen LogP contribution in [0.1, 0.15) is 24.0 Å². The van der Waals surface area contributed by atoms with Crippen LogP contribution in [0.25, 0.3) is 0 Å². The summed E-state index contributed by atoms with van der Waals surface area (Å²) in [5.41, 5.74) is 8.30. The number of fused-ring (bicyclic) bond motifs is 1.